The fourth-order valence-corrected chi connectivity index (χ4v) is 4.28. The molecule has 0 aliphatic rings. The van der Waals surface area contributed by atoms with Gasteiger partial charge in [0.2, 0.25) is 0 Å². The highest BCUT2D eigenvalue weighted by Crippen LogP contribution is 2.30. The van der Waals surface area contributed by atoms with Gasteiger partial charge in [0, 0.05) is 18.9 Å². The molecule has 0 saturated heterocycles. The number of carbonyl (C=O) groups excluding carboxylic acids is 2. The summed E-state index contributed by atoms with van der Waals surface area (Å²) < 4.78 is 15.7. The smallest absolute Gasteiger partial charge is 0.349 e. The number of nitro groups is 2. The predicted octanol–water partition coefficient (Wildman–Crippen LogP) is 7.82. The van der Waals surface area contributed by atoms with Crippen LogP contribution in [0.4, 0.5) is 11.4 Å². The third-order valence-corrected chi connectivity index (χ3v) is 6.60. The molecule has 0 aliphatic carbocycles. The van der Waals surface area contributed by atoms with Crippen molar-refractivity contribution in [1.29, 1.82) is 0 Å². The van der Waals surface area contributed by atoms with Crippen molar-refractivity contribution in [2.24, 2.45) is 0 Å². The van der Waals surface area contributed by atoms with E-state index in [1.54, 1.807) is 0 Å². The SMILES string of the molecule is [CH2]C(COC(=O)CCCCCCCCCCCCCCC)OC(=O)CCCCOc1ccc([N+](=O)[O-])c([N+](=O)[O-])c1. The molecule has 1 radical (unpaired) electrons. The first-order chi connectivity index (χ1) is 19.7. The van der Waals surface area contributed by atoms with Gasteiger partial charge >= 0.3 is 23.3 Å². The van der Waals surface area contributed by atoms with Crippen LogP contribution in [-0.4, -0.2) is 41.1 Å². The van der Waals surface area contributed by atoms with Crippen LogP contribution >= 0.6 is 0 Å². The lowest BCUT2D eigenvalue weighted by Crippen LogP contribution is -2.22. The van der Waals surface area contributed by atoms with E-state index in [1.165, 1.54) is 70.3 Å². The summed E-state index contributed by atoms with van der Waals surface area (Å²) in [6.45, 7) is 6.00. The molecule has 0 saturated carbocycles. The van der Waals surface area contributed by atoms with Gasteiger partial charge in [0.1, 0.15) is 18.5 Å². The van der Waals surface area contributed by atoms with Crippen LogP contribution in [0, 0.1) is 27.2 Å². The first kappa shape index (κ1) is 35.8. The Kier molecular flexibility index (Phi) is 19.6. The van der Waals surface area contributed by atoms with E-state index in [0.29, 0.717) is 19.3 Å². The van der Waals surface area contributed by atoms with Crippen LogP contribution in [-0.2, 0) is 19.1 Å². The fourth-order valence-electron chi connectivity index (χ4n) is 4.28. The zero-order chi connectivity index (χ0) is 30.3. The van der Waals surface area contributed by atoms with Crippen molar-refractivity contribution < 1.29 is 33.6 Å². The number of carbonyl (C=O) groups is 2. The van der Waals surface area contributed by atoms with Gasteiger partial charge in [-0.1, -0.05) is 84.0 Å². The Hall–Kier alpha value is -3.24. The summed E-state index contributed by atoms with van der Waals surface area (Å²) in [6.07, 6.45) is 16.6. The highest BCUT2D eigenvalue weighted by atomic mass is 16.6. The van der Waals surface area contributed by atoms with Gasteiger partial charge in [-0.3, -0.25) is 29.8 Å². The number of unbranched alkanes of at least 4 members (excludes halogenated alkanes) is 13. The monoisotopic (exact) mass is 579 g/mol. The number of hydrogen-bond acceptors (Lipinski definition) is 9. The van der Waals surface area contributed by atoms with E-state index < -0.39 is 33.3 Å². The van der Waals surface area contributed by atoms with Gasteiger partial charge < -0.3 is 14.2 Å². The highest BCUT2D eigenvalue weighted by molar-refractivity contribution is 5.70. The lowest BCUT2D eigenvalue weighted by molar-refractivity contribution is -0.422. The average Bonchev–Trinajstić information content (AvgIpc) is 2.94. The standard InChI is InChI=1S/C30H47N2O9/c1-3-4-5-6-7-8-9-10-11-12-13-14-15-18-29(33)40-24-25(2)41-30(34)19-16-17-22-39-26-20-21-27(31(35)36)28(23-26)32(37)38/h20-21,23,25H,2-19,22,24H2,1H3. The molecule has 0 bridgehead atoms. The summed E-state index contributed by atoms with van der Waals surface area (Å²) in [4.78, 5) is 44.1. The molecule has 0 aromatic heterocycles. The second kappa shape index (κ2) is 22.4. The first-order valence-electron chi connectivity index (χ1n) is 15.0. The number of ether oxygens (including phenoxy) is 3. The Morgan fingerprint density at radius 3 is 1.83 bits per heavy atom. The van der Waals surface area contributed by atoms with Gasteiger partial charge in [-0.15, -0.1) is 0 Å². The maximum atomic E-state index is 12.0. The highest BCUT2D eigenvalue weighted by Gasteiger charge is 2.24. The van der Waals surface area contributed by atoms with Crippen molar-refractivity contribution in [3.63, 3.8) is 0 Å². The first-order valence-corrected chi connectivity index (χ1v) is 15.0. The van der Waals surface area contributed by atoms with Gasteiger partial charge in [-0.2, -0.15) is 0 Å². The molecule has 1 aromatic rings. The minimum absolute atomic E-state index is 0.0922. The number of hydrogen-bond donors (Lipinski definition) is 0. The molecule has 0 amide bonds. The normalized spacial score (nSPS) is 11.6. The number of rotatable bonds is 25. The second-order valence-corrected chi connectivity index (χ2v) is 10.3. The van der Waals surface area contributed by atoms with E-state index in [1.807, 2.05) is 0 Å². The number of benzene rings is 1. The van der Waals surface area contributed by atoms with Crippen LogP contribution in [0.1, 0.15) is 116 Å². The Bertz CT molecular complexity index is 923. The van der Waals surface area contributed by atoms with Crippen molar-refractivity contribution in [1.82, 2.24) is 0 Å². The lowest BCUT2D eigenvalue weighted by atomic mass is 10.0. The molecule has 0 N–H and O–H groups in total. The lowest BCUT2D eigenvalue weighted by Gasteiger charge is -2.13. The number of esters is 2. The van der Waals surface area contributed by atoms with Gasteiger partial charge in [-0.25, -0.2) is 0 Å². The molecular formula is C30H47N2O9. The minimum Gasteiger partial charge on any atom is -0.493 e. The largest absolute Gasteiger partial charge is 0.493 e. The Balaban J connectivity index is 2.03. The molecule has 231 valence electrons. The minimum atomic E-state index is -0.840. The third kappa shape index (κ3) is 17.9. The van der Waals surface area contributed by atoms with Crippen molar-refractivity contribution in [3.8, 4) is 5.75 Å². The van der Waals surface area contributed by atoms with Gasteiger partial charge in [0.25, 0.3) is 0 Å². The van der Waals surface area contributed by atoms with Crippen LogP contribution in [0.3, 0.4) is 0 Å². The Morgan fingerprint density at radius 2 is 1.27 bits per heavy atom. The van der Waals surface area contributed by atoms with Gasteiger partial charge in [0.05, 0.1) is 22.5 Å². The maximum Gasteiger partial charge on any atom is 0.349 e. The molecule has 0 spiro atoms. The van der Waals surface area contributed by atoms with Crippen molar-refractivity contribution in [2.75, 3.05) is 13.2 Å². The summed E-state index contributed by atoms with van der Waals surface area (Å²) in [5.41, 5.74) is -1.26. The quantitative estimate of drug-likeness (QED) is 0.0489. The van der Waals surface area contributed by atoms with E-state index in [2.05, 4.69) is 13.8 Å². The van der Waals surface area contributed by atoms with Crippen molar-refractivity contribution in [2.45, 2.75) is 122 Å². The van der Waals surface area contributed by atoms with Gasteiger partial charge in [-0.05, 0) is 32.3 Å². The van der Waals surface area contributed by atoms with E-state index in [9.17, 15) is 29.8 Å². The van der Waals surface area contributed by atoms with E-state index >= 15 is 0 Å². The fraction of sp³-hybridized carbons (Fsp3) is 0.700. The van der Waals surface area contributed by atoms with Crippen LogP contribution in [0.5, 0.6) is 5.75 Å². The summed E-state index contributed by atoms with van der Waals surface area (Å²) >= 11 is 0. The van der Waals surface area contributed by atoms with Crippen LogP contribution in [0.15, 0.2) is 18.2 Å². The molecular weight excluding hydrogens is 532 g/mol. The maximum absolute atomic E-state index is 12.0. The third-order valence-electron chi connectivity index (χ3n) is 6.60. The topological polar surface area (TPSA) is 148 Å². The van der Waals surface area contributed by atoms with Crippen molar-refractivity contribution >= 4 is 23.3 Å². The summed E-state index contributed by atoms with van der Waals surface area (Å²) in [5, 5.41) is 21.9. The molecule has 0 fully saturated rings. The molecule has 11 nitrogen and oxygen atoms in total. The molecule has 1 unspecified atom stereocenters. The molecule has 41 heavy (non-hydrogen) atoms. The Labute approximate surface area is 243 Å². The van der Waals surface area contributed by atoms with Gasteiger partial charge in [0.15, 0.2) is 0 Å². The molecule has 0 heterocycles. The van der Waals surface area contributed by atoms with E-state index in [0.717, 1.165) is 31.4 Å². The summed E-state index contributed by atoms with van der Waals surface area (Å²) in [6, 6.07) is 3.30. The molecule has 0 aliphatic heterocycles. The second-order valence-electron chi connectivity index (χ2n) is 10.3. The Morgan fingerprint density at radius 1 is 0.756 bits per heavy atom. The van der Waals surface area contributed by atoms with Crippen LogP contribution in [0.25, 0.3) is 0 Å². The average molecular weight is 580 g/mol. The summed E-state index contributed by atoms with van der Waals surface area (Å²) in [7, 11) is 0. The zero-order valence-electron chi connectivity index (χ0n) is 24.5. The van der Waals surface area contributed by atoms with Crippen LogP contribution < -0.4 is 4.74 Å². The predicted molar refractivity (Wildman–Crippen MR) is 156 cm³/mol. The molecule has 1 atom stereocenters. The number of nitro benzene ring substituents is 2. The summed E-state index contributed by atoms with van der Waals surface area (Å²) in [5.74, 6) is -0.673. The zero-order valence-corrected chi connectivity index (χ0v) is 24.5. The van der Waals surface area contributed by atoms with Crippen LogP contribution in [0.2, 0.25) is 0 Å². The molecule has 1 aromatic carbocycles. The number of nitrogens with zero attached hydrogens (tertiary/aromatic N) is 2. The van der Waals surface area contributed by atoms with E-state index in [-0.39, 0.29) is 31.4 Å². The van der Waals surface area contributed by atoms with Crippen molar-refractivity contribution in [3.05, 3.63) is 45.4 Å². The van der Waals surface area contributed by atoms with E-state index in [4.69, 9.17) is 14.2 Å². The molecule has 1 rings (SSSR count). The molecule has 11 heteroatoms.